The largest absolute Gasteiger partial charge is 0.494 e. The average Bonchev–Trinajstić information content (AvgIpc) is 3.28. The highest BCUT2D eigenvalue weighted by Gasteiger charge is 2.51. The Bertz CT molecular complexity index is 1200. The number of carbonyl (C=O) groups is 2. The van der Waals surface area contributed by atoms with Crippen molar-refractivity contribution < 1.29 is 23.6 Å². The Hall–Kier alpha value is -3.21. The Morgan fingerprint density at radius 2 is 1.57 bits per heavy atom. The zero-order chi connectivity index (χ0) is 25.2. The van der Waals surface area contributed by atoms with Crippen LogP contribution in [0.2, 0.25) is 0 Å². The summed E-state index contributed by atoms with van der Waals surface area (Å²) in [5.74, 6) is -1.02. The van der Waals surface area contributed by atoms with Crippen LogP contribution in [-0.2, 0) is 23.6 Å². The van der Waals surface area contributed by atoms with E-state index >= 15 is 0 Å². The van der Waals surface area contributed by atoms with Gasteiger partial charge in [-0.3, -0.25) is 10.1 Å². The van der Waals surface area contributed by atoms with Gasteiger partial charge in [-0.25, -0.2) is 4.79 Å². The van der Waals surface area contributed by atoms with Crippen molar-refractivity contribution in [2.45, 2.75) is 38.9 Å². The fraction of sp³-hybridized carbons (Fsp3) is 0.280. The van der Waals surface area contributed by atoms with Gasteiger partial charge in [0.25, 0.3) is 5.91 Å². The maximum atomic E-state index is 11.8. The number of carbonyl (C=O) groups excluding carboxylic acids is 2. The molecule has 0 radical (unpaired) electrons. The lowest BCUT2D eigenvalue weighted by Gasteiger charge is -2.32. The molecule has 0 saturated carbocycles. The van der Waals surface area contributed by atoms with Gasteiger partial charge in [-0.2, -0.15) is 5.10 Å². The molecular weight excluding hydrogens is 465 g/mol. The molecule has 0 atom stereocenters. The minimum Gasteiger partial charge on any atom is -0.466 e. The SMILES string of the molecule is COC(=O)/C=C1/S/C(=N\N=Cc2ccc(-c3ccc(B4OC(C)(C)C(C)(C)O4)cc3)cc2)NC1=O. The van der Waals surface area contributed by atoms with E-state index in [2.05, 4.69) is 32.4 Å². The first-order chi connectivity index (χ1) is 16.6. The molecule has 1 N–H and O–H groups in total. The van der Waals surface area contributed by atoms with E-state index in [1.807, 2.05) is 64.1 Å². The van der Waals surface area contributed by atoms with Gasteiger partial charge < -0.3 is 14.0 Å². The molecule has 2 fully saturated rings. The number of amidine groups is 1. The van der Waals surface area contributed by atoms with Crippen LogP contribution in [0.3, 0.4) is 0 Å². The number of nitrogens with zero attached hydrogens (tertiary/aromatic N) is 2. The Morgan fingerprint density at radius 3 is 2.14 bits per heavy atom. The third kappa shape index (κ3) is 5.56. The number of rotatable bonds is 5. The minimum atomic E-state index is -0.602. The zero-order valence-corrected chi connectivity index (χ0v) is 21.0. The van der Waals surface area contributed by atoms with Crippen molar-refractivity contribution in [1.29, 1.82) is 0 Å². The van der Waals surface area contributed by atoms with Gasteiger partial charge in [-0.1, -0.05) is 48.5 Å². The highest BCUT2D eigenvalue weighted by molar-refractivity contribution is 8.18. The van der Waals surface area contributed by atoms with E-state index in [-0.39, 0.29) is 23.2 Å². The summed E-state index contributed by atoms with van der Waals surface area (Å²) < 4.78 is 16.8. The topological polar surface area (TPSA) is 98.6 Å². The van der Waals surface area contributed by atoms with Crippen LogP contribution in [0, 0.1) is 0 Å². The first kappa shape index (κ1) is 24.9. The molecule has 2 heterocycles. The number of methoxy groups -OCH3 is 1. The molecule has 2 saturated heterocycles. The van der Waals surface area contributed by atoms with Crippen molar-refractivity contribution in [3.63, 3.8) is 0 Å². The lowest BCUT2D eigenvalue weighted by molar-refractivity contribution is -0.135. The molecule has 2 aromatic rings. The summed E-state index contributed by atoms with van der Waals surface area (Å²) in [6.07, 6.45) is 2.71. The van der Waals surface area contributed by atoms with Crippen molar-refractivity contribution in [3.05, 3.63) is 65.1 Å². The second kappa shape index (κ2) is 9.81. The van der Waals surface area contributed by atoms with Crippen molar-refractivity contribution in [3.8, 4) is 11.1 Å². The van der Waals surface area contributed by atoms with E-state index < -0.39 is 11.9 Å². The van der Waals surface area contributed by atoms with Gasteiger partial charge >= 0.3 is 13.1 Å². The lowest BCUT2D eigenvalue weighted by atomic mass is 9.78. The molecule has 35 heavy (non-hydrogen) atoms. The number of hydrogen-bond acceptors (Lipinski definition) is 8. The summed E-state index contributed by atoms with van der Waals surface area (Å²) in [6, 6.07) is 16.0. The number of ether oxygens (including phenoxy) is 1. The molecule has 2 aromatic carbocycles. The minimum absolute atomic E-state index is 0.208. The molecule has 2 aliphatic rings. The number of amides is 1. The quantitative estimate of drug-likeness (QED) is 0.227. The van der Waals surface area contributed by atoms with Crippen molar-refractivity contribution in [2.24, 2.45) is 10.2 Å². The molecule has 0 unspecified atom stereocenters. The third-order valence-corrected chi connectivity index (χ3v) is 7.04. The Balaban J connectivity index is 1.38. The summed E-state index contributed by atoms with van der Waals surface area (Å²) in [6.45, 7) is 8.17. The van der Waals surface area contributed by atoms with Crippen LogP contribution in [0.25, 0.3) is 11.1 Å². The first-order valence-corrected chi connectivity index (χ1v) is 11.9. The van der Waals surface area contributed by atoms with Crippen LogP contribution in [0.15, 0.2) is 69.7 Å². The predicted octanol–water partition coefficient (Wildman–Crippen LogP) is 3.26. The van der Waals surface area contributed by atoms with Crippen LogP contribution < -0.4 is 10.8 Å². The standard InChI is InChI=1S/C25H26BN3O5S/c1-24(2)25(3,4)34-26(33-24)19-12-10-18(11-13-19)17-8-6-16(7-9-17)15-27-29-23-28-22(31)20(35-23)14-21(30)32-5/h6-15H,1-5H3,(H,28,29,31)/b20-14+,27-15?. The summed E-state index contributed by atoms with van der Waals surface area (Å²) in [4.78, 5) is 23.3. The molecule has 2 aliphatic heterocycles. The molecule has 10 heteroatoms. The molecule has 4 rings (SSSR count). The molecule has 0 bridgehead atoms. The zero-order valence-electron chi connectivity index (χ0n) is 20.2. The molecule has 0 aliphatic carbocycles. The summed E-state index contributed by atoms with van der Waals surface area (Å²) in [7, 11) is 0.863. The van der Waals surface area contributed by atoms with Crippen molar-refractivity contribution in [2.75, 3.05) is 7.11 Å². The Kier molecular flexibility index (Phi) is 6.98. The number of benzene rings is 2. The molecule has 0 aromatic heterocycles. The monoisotopic (exact) mass is 491 g/mol. The van der Waals surface area contributed by atoms with E-state index in [4.69, 9.17) is 9.31 Å². The average molecular weight is 491 g/mol. The van der Waals surface area contributed by atoms with Crippen LogP contribution >= 0.6 is 11.8 Å². The van der Waals surface area contributed by atoms with E-state index in [0.717, 1.165) is 40.0 Å². The Labute approximate surface area is 209 Å². The van der Waals surface area contributed by atoms with Gasteiger partial charge in [-0.05, 0) is 61.6 Å². The predicted molar refractivity (Wildman–Crippen MR) is 138 cm³/mol. The van der Waals surface area contributed by atoms with Gasteiger partial charge in [0, 0.05) is 6.08 Å². The number of nitrogens with one attached hydrogen (secondary N) is 1. The first-order valence-electron chi connectivity index (χ1n) is 11.0. The van der Waals surface area contributed by atoms with Gasteiger partial charge in [-0.15, -0.1) is 5.10 Å². The number of esters is 1. The van der Waals surface area contributed by atoms with E-state index in [0.29, 0.717) is 5.17 Å². The molecule has 180 valence electrons. The molecule has 0 spiro atoms. The summed E-state index contributed by atoms with van der Waals surface area (Å²) >= 11 is 1.03. The van der Waals surface area contributed by atoms with Gasteiger partial charge in [0.05, 0.1) is 29.4 Å². The molecule has 1 amide bonds. The van der Waals surface area contributed by atoms with Gasteiger partial charge in [0.2, 0.25) is 0 Å². The summed E-state index contributed by atoms with van der Waals surface area (Å²) in [5.41, 5.74) is 3.23. The van der Waals surface area contributed by atoms with Crippen LogP contribution in [0.5, 0.6) is 0 Å². The normalized spacial score (nSPS) is 21.2. The third-order valence-electron chi connectivity index (χ3n) is 6.14. The van der Waals surface area contributed by atoms with Gasteiger partial charge in [0.1, 0.15) is 0 Å². The smallest absolute Gasteiger partial charge is 0.466 e. The number of hydrogen-bond donors (Lipinski definition) is 1. The second-order valence-corrected chi connectivity index (χ2v) is 10.1. The van der Waals surface area contributed by atoms with Crippen molar-refractivity contribution in [1.82, 2.24) is 5.32 Å². The summed E-state index contributed by atoms with van der Waals surface area (Å²) in [5, 5.41) is 10.9. The highest BCUT2D eigenvalue weighted by Crippen LogP contribution is 2.36. The second-order valence-electron chi connectivity index (χ2n) is 9.07. The maximum absolute atomic E-state index is 11.8. The van der Waals surface area contributed by atoms with Crippen LogP contribution in [-0.4, -0.2) is 48.7 Å². The number of thioether (sulfide) groups is 1. The van der Waals surface area contributed by atoms with E-state index in [9.17, 15) is 9.59 Å². The van der Waals surface area contributed by atoms with Crippen molar-refractivity contribution >= 4 is 47.6 Å². The van der Waals surface area contributed by atoms with E-state index in [1.54, 1.807) is 6.21 Å². The fourth-order valence-electron chi connectivity index (χ4n) is 3.36. The van der Waals surface area contributed by atoms with E-state index in [1.165, 1.54) is 7.11 Å². The lowest BCUT2D eigenvalue weighted by Crippen LogP contribution is -2.41. The highest BCUT2D eigenvalue weighted by atomic mass is 32.2. The molecule has 8 nitrogen and oxygen atoms in total. The van der Waals surface area contributed by atoms with Gasteiger partial charge in [0.15, 0.2) is 5.17 Å². The van der Waals surface area contributed by atoms with Crippen LogP contribution in [0.1, 0.15) is 33.3 Å². The molecular formula is C25H26BN3O5S. The fourth-order valence-corrected chi connectivity index (χ4v) is 4.10. The van der Waals surface area contributed by atoms with Crippen LogP contribution in [0.4, 0.5) is 0 Å². The maximum Gasteiger partial charge on any atom is 0.494 e. The Morgan fingerprint density at radius 1 is 1.00 bits per heavy atom.